The van der Waals surface area contributed by atoms with Gasteiger partial charge < -0.3 is 9.52 Å². The van der Waals surface area contributed by atoms with Crippen LogP contribution in [-0.4, -0.2) is 30.9 Å². The number of phenolic OH excluding ortho intramolecular Hbond substituents is 1. The largest absolute Gasteiger partial charge is 0.507 e. The summed E-state index contributed by atoms with van der Waals surface area (Å²) in [5.41, 5.74) is 3.24. The Hall–Kier alpha value is -2.56. The van der Waals surface area contributed by atoms with E-state index in [1.807, 2.05) is 0 Å². The Morgan fingerprint density at radius 1 is 1.07 bits per heavy atom. The molecule has 0 aliphatic carbocycles. The summed E-state index contributed by atoms with van der Waals surface area (Å²) in [6.07, 6.45) is 0. The zero-order valence-electron chi connectivity index (χ0n) is 14.7. The lowest BCUT2D eigenvalue weighted by molar-refractivity contribution is 0.0826. The van der Waals surface area contributed by atoms with Crippen LogP contribution in [0.25, 0.3) is 0 Å². The molecule has 0 bridgehead atoms. The smallest absolute Gasteiger partial charge is 0.305 e. The van der Waals surface area contributed by atoms with E-state index in [4.69, 9.17) is 16.0 Å². The molecular formula is C16H18ClN3O6S. The number of hydrogen-bond donors (Lipinski definition) is 4. The van der Waals surface area contributed by atoms with Gasteiger partial charge in [0, 0.05) is 10.6 Å². The number of furan rings is 1. The second-order valence-corrected chi connectivity index (χ2v) is 8.59. The normalized spacial score (nSPS) is 11.9. The first kappa shape index (κ1) is 20.7. The fraction of sp³-hybridized carbons (Fsp3) is 0.250. The summed E-state index contributed by atoms with van der Waals surface area (Å²) < 4.78 is 31.8. The van der Waals surface area contributed by atoms with Crippen LogP contribution < -0.4 is 15.6 Å². The van der Waals surface area contributed by atoms with Crippen LogP contribution >= 0.6 is 11.6 Å². The molecule has 0 saturated carbocycles. The van der Waals surface area contributed by atoms with Gasteiger partial charge in [0.1, 0.15) is 5.75 Å². The molecule has 4 N–H and O–H groups in total. The molecule has 0 radical (unpaired) electrons. The van der Waals surface area contributed by atoms with E-state index in [0.29, 0.717) is 0 Å². The third-order valence-corrected chi connectivity index (χ3v) is 4.87. The molecule has 1 heterocycles. The number of hydrogen-bond acceptors (Lipinski definition) is 6. The van der Waals surface area contributed by atoms with E-state index in [1.165, 1.54) is 18.2 Å². The molecule has 2 rings (SSSR count). The SMILES string of the molecule is CC(C)(C)NS(=O)(=O)c1ccc(C(=O)NNC(=O)c2cc(Cl)ccc2O)o1. The molecule has 0 saturated heterocycles. The number of benzene rings is 1. The van der Waals surface area contributed by atoms with Crippen molar-refractivity contribution in [3.8, 4) is 5.75 Å². The Morgan fingerprint density at radius 2 is 1.70 bits per heavy atom. The molecule has 27 heavy (non-hydrogen) atoms. The van der Waals surface area contributed by atoms with Gasteiger partial charge in [-0.05, 0) is 51.1 Å². The number of carbonyl (C=O) groups excluding carboxylic acids is 2. The summed E-state index contributed by atoms with van der Waals surface area (Å²) in [5, 5.41) is 9.42. The van der Waals surface area contributed by atoms with Crippen molar-refractivity contribution in [1.29, 1.82) is 0 Å². The average molecular weight is 416 g/mol. The molecule has 0 spiro atoms. The number of hydrazine groups is 1. The summed E-state index contributed by atoms with van der Waals surface area (Å²) >= 11 is 5.75. The lowest BCUT2D eigenvalue weighted by Gasteiger charge is -2.18. The van der Waals surface area contributed by atoms with Gasteiger partial charge in [0.05, 0.1) is 5.56 Å². The van der Waals surface area contributed by atoms with Gasteiger partial charge in [-0.1, -0.05) is 11.6 Å². The zero-order chi connectivity index (χ0) is 20.4. The first-order valence-corrected chi connectivity index (χ1v) is 9.48. The van der Waals surface area contributed by atoms with Crippen LogP contribution in [0.1, 0.15) is 41.7 Å². The van der Waals surface area contributed by atoms with E-state index in [0.717, 1.165) is 12.1 Å². The maximum absolute atomic E-state index is 12.2. The Morgan fingerprint density at radius 3 is 2.33 bits per heavy atom. The van der Waals surface area contributed by atoms with E-state index < -0.39 is 32.5 Å². The quantitative estimate of drug-likeness (QED) is 0.561. The first-order valence-electron chi connectivity index (χ1n) is 7.62. The standard InChI is InChI=1S/C16H18ClN3O6S/c1-16(2,3)20-27(24,25)13-7-6-12(26-13)15(23)19-18-14(22)10-8-9(17)4-5-11(10)21/h4-8,20-21H,1-3H3,(H,18,22)(H,19,23). The number of amides is 2. The van der Waals surface area contributed by atoms with E-state index in [1.54, 1.807) is 20.8 Å². The summed E-state index contributed by atoms with van der Waals surface area (Å²) in [6, 6.07) is 6.10. The fourth-order valence-corrected chi connectivity index (χ4v) is 3.50. The fourth-order valence-electron chi connectivity index (χ4n) is 1.97. The molecular weight excluding hydrogens is 398 g/mol. The van der Waals surface area contributed by atoms with Crippen molar-refractivity contribution < 1.29 is 27.5 Å². The highest BCUT2D eigenvalue weighted by Gasteiger charge is 2.26. The highest BCUT2D eigenvalue weighted by Crippen LogP contribution is 2.21. The summed E-state index contributed by atoms with van der Waals surface area (Å²) in [6.45, 7) is 4.96. The van der Waals surface area contributed by atoms with E-state index >= 15 is 0 Å². The highest BCUT2D eigenvalue weighted by atomic mass is 35.5. The minimum absolute atomic E-state index is 0.153. The van der Waals surface area contributed by atoms with Gasteiger partial charge in [-0.2, -0.15) is 0 Å². The molecule has 2 aromatic rings. The summed E-state index contributed by atoms with van der Waals surface area (Å²) in [5.74, 6) is -2.37. The molecule has 1 aromatic carbocycles. The third kappa shape index (κ3) is 5.46. The van der Waals surface area contributed by atoms with Gasteiger partial charge in [0.2, 0.25) is 5.09 Å². The van der Waals surface area contributed by atoms with Crippen molar-refractivity contribution >= 4 is 33.4 Å². The van der Waals surface area contributed by atoms with Gasteiger partial charge >= 0.3 is 5.91 Å². The van der Waals surface area contributed by atoms with Gasteiger partial charge in [0.15, 0.2) is 5.76 Å². The average Bonchev–Trinajstić information content (AvgIpc) is 3.03. The van der Waals surface area contributed by atoms with Crippen LogP contribution in [0, 0.1) is 0 Å². The van der Waals surface area contributed by atoms with Gasteiger partial charge in [-0.3, -0.25) is 20.4 Å². The lowest BCUT2D eigenvalue weighted by Crippen LogP contribution is -2.41. The summed E-state index contributed by atoms with van der Waals surface area (Å²) in [7, 11) is -3.95. The third-order valence-electron chi connectivity index (χ3n) is 3.00. The molecule has 0 unspecified atom stereocenters. The van der Waals surface area contributed by atoms with Crippen LogP contribution in [0.15, 0.2) is 39.8 Å². The van der Waals surface area contributed by atoms with Crippen LogP contribution in [0.4, 0.5) is 0 Å². The van der Waals surface area contributed by atoms with Crippen LogP contribution in [-0.2, 0) is 10.0 Å². The Balaban J connectivity index is 2.06. The van der Waals surface area contributed by atoms with E-state index in [-0.39, 0.29) is 22.1 Å². The van der Waals surface area contributed by atoms with Crippen LogP contribution in [0.5, 0.6) is 5.75 Å². The zero-order valence-corrected chi connectivity index (χ0v) is 16.2. The maximum atomic E-state index is 12.2. The molecule has 9 nitrogen and oxygen atoms in total. The van der Waals surface area contributed by atoms with E-state index in [9.17, 15) is 23.1 Å². The first-order chi connectivity index (χ1) is 12.4. The Bertz CT molecular complexity index is 978. The second-order valence-electron chi connectivity index (χ2n) is 6.54. The lowest BCUT2D eigenvalue weighted by atomic mass is 10.1. The van der Waals surface area contributed by atoms with Gasteiger partial charge in [-0.15, -0.1) is 0 Å². The van der Waals surface area contributed by atoms with Gasteiger partial charge in [0.25, 0.3) is 15.9 Å². The maximum Gasteiger partial charge on any atom is 0.305 e. The number of carbonyl (C=O) groups is 2. The number of phenols is 1. The molecule has 0 aliphatic heterocycles. The molecule has 0 atom stereocenters. The summed E-state index contributed by atoms with van der Waals surface area (Å²) in [4.78, 5) is 24.0. The number of rotatable bonds is 4. The van der Waals surface area contributed by atoms with Crippen molar-refractivity contribution in [2.75, 3.05) is 0 Å². The number of halogens is 1. The molecule has 11 heteroatoms. The monoisotopic (exact) mass is 415 g/mol. The Kier molecular flexibility index (Phi) is 5.83. The molecule has 0 aliphatic rings. The number of sulfonamides is 1. The molecule has 146 valence electrons. The predicted molar refractivity (Wildman–Crippen MR) is 96.8 cm³/mol. The highest BCUT2D eigenvalue weighted by molar-refractivity contribution is 7.89. The van der Waals surface area contributed by atoms with Crippen molar-refractivity contribution in [2.45, 2.75) is 31.4 Å². The van der Waals surface area contributed by atoms with Crippen molar-refractivity contribution in [1.82, 2.24) is 15.6 Å². The van der Waals surface area contributed by atoms with Crippen molar-refractivity contribution in [3.05, 3.63) is 46.7 Å². The minimum Gasteiger partial charge on any atom is -0.507 e. The van der Waals surface area contributed by atoms with Crippen molar-refractivity contribution in [3.63, 3.8) is 0 Å². The topological polar surface area (TPSA) is 138 Å². The molecule has 0 fully saturated rings. The minimum atomic E-state index is -3.95. The number of nitrogens with one attached hydrogen (secondary N) is 3. The van der Waals surface area contributed by atoms with E-state index in [2.05, 4.69) is 15.6 Å². The van der Waals surface area contributed by atoms with Crippen LogP contribution in [0.2, 0.25) is 5.02 Å². The Labute approximate surface area is 160 Å². The second kappa shape index (κ2) is 7.59. The molecule has 2 amide bonds. The number of aromatic hydroxyl groups is 1. The molecule has 1 aromatic heterocycles. The van der Waals surface area contributed by atoms with Gasteiger partial charge in [-0.25, -0.2) is 13.1 Å². The van der Waals surface area contributed by atoms with Crippen molar-refractivity contribution in [2.24, 2.45) is 0 Å². The van der Waals surface area contributed by atoms with Crippen LogP contribution in [0.3, 0.4) is 0 Å². The predicted octanol–water partition coefficient (Wildman–Crippen LogP) is 1.79.